The summed E-state index contributed by atoms with van der Waals surface area (Å²) >= 11 is 0. The van der Waals surface area contributed by atoms with E-state index in [1.807, 2.05) is 21.1 Å². The third-order valence-corrected chi connectivity index (χ3v) is 19.3. The van der Waals surface area contributed by atoms with Gasteiger partial charge >= 0.3 is 17.9 Å². The molecule has 0 rings (SSSR count). The topological polar surface area (TPSA) is 108 Å². The lowest BCUT2D eigenvalue weighted by Crippen LogP contribution is -2.40. The van der Waals surface area contributed by atoms with Gasteiger partial charge in [0.15, 0.2) is 6.10 Å². The van der Waals surface area contributed by atoms with Crippen molar-refractivity contribution in [1.29, 1.82) is 0 Å². The van der Waals surface area contributed by atoms with Crippen LogP contribution in [0, 0.1) is 0 Å². The lowest BCUT2D eigenvalue weighted by Gasteiger charge is -2.25. The molecule has 0 aromatic heterocycles. The van der Waals surface area contributed by atoms with Crippen molar-refractivity contribution in [3.05, 3.63) is 60.8 Å². The van der Waals surface area contributed by atoms with Crippen molar-refractivity contribution in [2.75, 3.05) is 47.5 Å². The first-order valence-electron chi connectivity index (χ1n) is 42.5. The van der Waals surface area contributed by atoms with Crippen LogP contribution in [0.15, 0.2) is 60.8 Å². The summed E-state index contributed by atoms with van der Waals surface area (Å²) in [4.78, 5) is 37.8. The largest absolute Gasteiger partial charge is 0.477 e. The Hall–Kier alpha value is -3.01. The van der Waals surface area contributed by atoms with E-state index >= 15 is 0 Å². The molecule has 2 atom stereocenters. The van der Waals surface area contributed by atoms with E-state index in [0.717, 1.165) is 70.6 Å². The fourth-order valence-electron chi connectivity index (χ4n) is 12.9. The summed E-state index contributed by atoms with van der Waals surface area (Å²) in [6.07, 6.45) is 103. The fourth-order valence-corrected chi connectivity index (χ4v) is 12.9. The van der Waals surface area contributed by atoms with Crippen LogP contribution in [0.1, 0.15) is 425 Å². The molecule has 0 heterocycles. The number of likely N-dealkylation sites (N-methyl/N-ethyl adjacent to an activating group) is 1. The quantitative estimate of drug-likeness (QED) is 0.0211. The van der Waals surface area contributed by atoms with E-state index in [-0.39, 0.29) is 38.2 Å². The van der Waals surface area contributed by atoms with Crippen LogP contribution in [0.25, 0.3) is 0 Å². The zero-order valence-corrected chi connectivity index (χ0v) is 65.3. The molecule has 568 valence electrons. The second-order valence-electron chi connectivity index (χ2n) is 30.1. The molecule has 0 aliphatic rings. The molecule has 0 aromatic rings. The third-order valence-electron chi connectivity index (χ3n) is 19.3. The van der Waals surface area contributed by atoms with Crippen LogP contribution >= 0.6 is 0 Å². The van der Waals surface area contributed by atoms with Gasteiger partial charge < -0.3 is 28.5 Å². The van der Waals surface area contributed by atoms with Crippen LogP contribution in [0.3, 0.4) is 0 Å². The summed E-state index contributed by atoms with van der Waals surface area (Å²) in [7, 11) is 6.00. The number of allylic oxidation sites excluding steroid dienone is 10. The van der Waals surface area contributed by atoms with Crippen LogP contribution in [0.4, 0.5) is 0 Å². The molecule has 9 nitrogen and oxygen atoms in total. The summed E-state index contributed by atoms with van der Waals surface area (Å²) in [5, 5.41) is 9.78. The van der Waals surface area contributed by atoms with Crippen LogP contribution < -0.4 is 0 Å². The predicted octanol–water partition coefficient (Wildman–Crippen LogP) is 27.4. The Balaban J connectivity index is 3.94. The maximum atomic E-state index is 13.0. The molecule has 0 aliphatic carbocycles. The van der Waals surface area contributed by atoms with E-state index in [4.69, 9.17) is 18.9 Å². The smallest absolute Gasteiger partial charge is 0.361 e. The molecule has 0 amide bonds. The van der Waals surface area contributed by atoms with Gasteiger partial charge in [-0.25, -0.2) is 4.79 Å². The summed E-state index contributed by atoms with van der Waals surface area (Å²) in [6.45, 7) is 4.84. The number of nitrogens with zero attached hydrogens (tertiary/aromatic N) is 1. The fraction of sp³-hybridized carbons (Fsp3) is 0.852. The molecule has 0 saturated carbocycles. The van der Waals surface area contributed by atoms with E-state index in [2.05, 4.69) is 74.6 Å². The van der Waals surface area contributed by atoms with Crippen LogP contribution in [-0.2, 0) is 33.3 Å². The number of aliphatic carboxylic acids is 1. The predicted molar refractivity (Wildman–Crippen MR) is 420 cm³/mol. The summed E-state index contributed by atoms with van der Waals surface area (Å²) < 4.78 is 23.1. The van der Waals surface area contributed by atoms with E-state index in [9.17, 15) is 19.5 Å². The number of unbranched alkanes of at least 4 members (excludes halogenated alkanes) is 55. The second-order valence-corrected chi connectivity index (χ2v) is 30.1. The molecule has 0 spiro atoms. The second kappa shape index (κ2) is 78.7. The number of esters is 2. The monoisotopic (exact) mass is 1360 g/mol. The molecule has 0 aromatic carbocycles. The Labute approximate surface area is 603 Å². The zero-order valence-electron chi connectivity index (χ0n) is 65.3. The SMILES string of the molecule is CC/C=C\C/C=C\C/C=C\C/C=C\C/C=C\CCCCCCCCCCCCCCCCCCCCCCCC(=O)OC(COC(=O)CCCCCCCCCCCCCCCCCCCCCCCCCCCCCCCCCCCCC)COC(OCC[N+](C)(C)C)C(=O)O. The first-order chi connectivity index (χ1) is 47.6. The Bertz CT molecular complexity index is 1780. The highest BCUT2D eigenvalue weighted by molar-refractivity contribution is 5.71. The van der Waals surface area contributed by atoms with E-state index in [0.29, 0.717) is 17.4 Å². The average molecular weight is 1360 g/mol. The highest BCUT2D eigenvalue weighted by Crippen LogP contribution is 2.20. The Morgan fingerprint density at radius 1 is 0.320 bits per heavy atom. The van der Waals surface area contributed by atoms with Crippen molar-refractivity contribution in [1.82, 2.24) is 0 Å². The van der Waals surface area contributed by atoms with Crippen LogP contribution in [0.2, 0.25) is 0 Å². The molecule has 97 heavy (non-hydrogen) atoms. The number of carbonyl (C=O) groups is 3. The summed E-state index contributed by atoms with van der Waals surface area (Å²) in [5.41, 5.74) is 0. The average Bonchev–Trinajstić information content (AvgIpc) is 3.11. The van der Waals surface area contributed by atoms with Gasteiger partial charge in [-0.3, -0.25) is 9.59 Å². The Morgan fingerprint density at radius 3 is 0.876 bits per heavy atom. The van der Waals surface area contributed by atoms with Gasteiger partial charge in [0, 0.05) is 12.8 Å². The minimum Gasteiger partial charge on any atom is -0.477 e. The molecule has 9 heteroatoms. The van der Waals surface area contributed by atoms with Gasteiger partial charge in [0.2, 0.25) is 0 Å². The molecular weight excluding hydrogens is 1200 g/mol. The number of carboxylic acids is 1. The number of hydrogen-bond donors (Lipinski definition) is 1. The third kappa shape index (κ3) is 80.2. The van der Waals surface area contributed by atoms with E-state index < -0.39 is 18.4 Å². The van der Waals surface area contributed by atoms with Crippen molar-refractivity contribution >= 4 is 17.9 Å². The number of quaternary nitrogens is 1. The lowest BCUT2D eigenvalue weighted by atomic mass is 10.0. The molecule has 0 saturated heterocycles. The number of carbonyl (C=O) groups excluding carboxylic acids is 2. The molecule has 0 radical (unpaired) electrons. The number of carboxylic acid groups (broad SMARTS) is 1. The normalized spacial score (nSPS) is 12.9. The van der Waals surface area contributed by atoms with Crippen LogP contribution in [-0.4, -0.2) is 87.4 Å². The highest BCUT2D eigenvalue weighted by Gasteiger charge is 2.25. The van der Waals surface area contributed by atoms with Gasteiger partial charge in [-0.2, -0.15) is 0 Å². The lowest BCUT2D eigenvalue weighted by molar-refractivity contribution is -0.870. The van der Waals surface area contributed by atoms with Gasteiger partial charge in [0.25, 0.3) is 6.29 Å². The molecule has 0 aliphatic heterocycles. The standard InChI is InChI=1S/C88H163NO8/c1-6-8-10-12-14-16-18-20-22-24-26-28-30-32-34-36-38-40-42-43-45-47-49-51-53-55-57-59-61-63-65-67-69-71-73-75-77-79-86(91)97-84(83-96-88(87(92)93)94-81-80-89(3,4)5)82-95-85(90)78-76-74-72-70-68-66-64-62-60-58-56-54-52-50-48-46-44-41-39-37-35-33-31-29-27-25-23-21-19-17-15-13-11-9-7-2/h8,10,14,16,20,22,26,28,32,34,84,88H,6-7,9,11-13,15,17-19,21,23-25,27,29-31,33,35-83H2,1-5H3/p+1/b10-8-,16-14-,22-20-,28-26-,34-32-. The highest BCUT2D eigenvalue weighted by atomic mass is 16.7. The van der Waals surface area contributed by atoms with Crippen molar-refractivity contribution in [2.45, 2.75) is 437 Å². The van der Waals surface area contributed by atoms with Gasteiger partial charge in [0.1, 0.15) is 13.2 Å². The first kappa shape index (κ1) is 94.0. The minimum atomic E-state index is -1.51. The maximum absolute atomic E-state index is 13.0. The molecule has 0 bridgehead atoms. The molecule has 1 N–H and O–H groups in total. The van der Waals surface area contributed by atoms with Crippen molar-refractivity contribution in [3.8, 4) is 0 Å². The van der Waals surface area contributed by atoms with Gasteiger partial charge in [0.05, 0.1) is 34.4 Å². The van der Waals surface area contributed by atoms with Crippen molar-refractivity contribution in [2.24, 2.45) is 0 Å². The molecule has 2 unspecified atom stereocenters. The van der Waals surface area contributed by atoms with Crippen LogP contribution in [0.5, 0.6) is 0 Å². The van der Waals surface area contributed by atoms with Crippen molar-refractivity contribution in [3.63, 3.8) is 0 Å². The number of hydrogen-bond acceptors (Lipinski definition) is 7. The van der Waals surface area contributed by atoms with E-state index in [1.165, 1.54) is 327 Å². The summed E-state index contributed by atoms with van der Waals surface area (Å²) in [5.74, 6) is -1.97. The zero-order chi connectivity index (χ0) is 70.4. The summed E-state index contributed by atoms with van der Waals surface area (Å²) in [6, 6.07) is 0. The molecular formula is C88H164NO8+. The number of ether oxygens (including phenoxy) is 4. The van der Waals surface area contributed by atoms with Gasteiger partial charge in [-0.05, 0) is 57.8 Å². The van der Waals surface area contributed by atoms with Crippen molar-refractivity contribution < 1.29 is 42.9 Å². The molecule has 0 fully saturated rings. The number of rotatable bonds is 80. The van der Waals surface area contributed by atoms with Gasteiger partial charge in [-0.1, -0.05) is 415 Å². The Morgan fingerprint density at radius 2 is 0.588 bits per heavy atom. The maximum Gasteiger partial charge on any atom is 0.361 e. The Kier molecular flexibility index (Phi) is 76.3. The minimum absolute atomic E-state index is 0.176. The van der Waals surface area contributed by atoms with Gasteiger partial charge in [-0.15, -0.1) is 0 Å². The van der Waals surface area contributed by atoms with E-state index in [1.54, 1.807) is 0 Å². The first-order valence-corrected chi connectivity index (χ1v) is 42.5.